The van der Waals surface area contributed by atoms with Crippen molar-refractivity contribution in [3.8, 4) is 11.3 Å². The van der Waals surface area contributed by atoms with Gasteiger partial charge in [-0.1, -0.05) is 19.8 Å². The molecular formula is C19H23N3O2. The Bertz CT molecular complexity index is 770. The Morgan fingerprint density at radius 2 is 1.88 bits per heavy atom. The molecule has 1 amide bonds. The molecule has 2 aromatic heterocycles. The Kier molecular flexibility index (Phi) is 4.79. The largest absolute Gasteiger partial charge is 0.338 e. The minimum absolute atomic E-state index is 0.198. The number of hydrogen-bond acceptors (Lipinski definition) is 3. The summed E-state index contributed by atoms with van der Waals surface area (Å²) in [5.41, 5.74) is 1.42. The smallest absolute Gasteiger partial charge is 0.261 e. The molecule has 2 aromatic rings. The first-order chi connectivity index (χ1) is 11.6. The molecule has 0 spiro atoms. The second kappa shape index (κ2) is 6.99. The third-order valence-electron chi connectivity index (χ3n) is 5.02. The maximum absolute atomic E-state index is 12.8. The maximum atomic E-state index is 12.8. The van der Waals surface area contributed by atoms with E-state index in [4.69, 9.17) is 0 Å². The van der Waals surface area contributed by atoms with Crippen LogP contribution in [0.4, 0.5) is 0 Å². The fourth-order valence-electron chi connectivity index (χ4n) is 3.55. The Morgan fingerprint density at radius 3 is 2.54 bits per heavy atom. The Balaban J connectivity index is 1.84. The number of nitrogens with one attached hydrogen (secondary N) is 1. The minimum atomic E-state index is -0.343. The van der Waals surface area contributed by atoms with Crippen LogP contribution in [0.25, 0.3) is 11.3 Å². The standard InChI is InChI=1S/C19H23N3O2/c1-13-5-3-4-6-17(13)22(2)19(24)15-7-8-16(21-18(15)23)14-9-11-20-12-10-14/h7-13,17H,3-6H2,1-2H3,(H,21,23)/t13-,17-/m0/s1. The number of carbonyl (C=O) groups is 1. The summed E-state index contributed by atoms with van der Waals surface area (Å²) in [4.78, 5) is 33.7. The highest BCUT2D eigenvalue weighted by atomic mass is 16.2. The molecule has 0 bridgehead atoms. The van der Waals surface area contributed by atoms with Gasteiger partial charge >= 0.3 is 0 Å². The minimum Gasteiger partial charge on any atom is -0.338 e. The summed E-state index contributed by atoms with van der Waals surface area (Å²) in [7, 11) is 1.81. The molecule has 1 aliphatic carbocycles. The van der Waals surface area contributed by atoms with E-state index in [1.54, 1.807) is 29.4 Å². The highest BCUT2D eigenvalue weighted by Crippen LogP contribution is 2.28. The molecule has 2 atom stereocenters. The van der Waals surface area contributed by atoms with Crippen LogP contribution in [0.5, 0.6) is 0 Å². The fourth-order valence-corrected chi connectivity index (χ4v) is 3.55. The summed E-state index contributed by atoms with van der Waals surface area (Å²) >= 11 is 0. The summed E-state index contributed by atoms with van der Waals surface area (Å²) in [6.07, 6.45) is 7.86. The number of nitrogens with zero attached hydrogens (tertiary/aromatic N) is 2. The molecule has 126 valence electrons. The van der Waals surface area contributed by atoms with Gasteiger partial charge in [0.15, 0.2) is 0 Å². The number of aromatic nitrogens is 2. The Labute approximate surface area is 141 Å². The van der Waals surface area contributed by atoms with Crippen LogP contribution in [-0.2, 0) is 0 Å². The van der Waals surface area contributed by atoms with Crippen molar-refractivity contribution < 1.29 is 4.79 Å². The second-order valence-corrected chi connectivity index (χ2v) is 6.60. The van der Waals surface area contributed by atoms with Gasteiger partial charge in [0.2, 0.25) is 0 Å². The van der Waals surface area contributed by atoms with E-state index >= 15 is 0 Å². The predicted molar refractivity (Wildman–Crippen MR) is 93.8 cm³/mol. The van der Waals surface area contributed by atoms with Crippen LogP contribution in [-0.4, -0.2) is 33.9 Å². The third kappa shape index (κ3) is 3.25. The van der Waals surface area contributed by atoms with E-state index < -0.39 is 0 Å². The van der Waals surface area contributed by atoms with Crippen molar-refractivity contribution in [2.24, 2.45) is 5.92 Å². The molecule has 1 saturated carbocycles. The van der Waals surface area contributed by atoms with Crippen LogP contribution < -0.4 is 5.56 Å². The number of hydrogen-bond donors (Lipinski definition) is 1. The molecule has 3 rings (SSSR count). The van der Waals surface area contributed by atoms with Gasteiger partial charge in [0.25, 0.3) is 11.5 Å². The molecular weight excluding hydrogens is 302 g/mol. The summed E-state index contributed by atoms with van der Waals surface area (Å²) in [5, 5.41) is 0. The average molecular weight is 325 g/mol. The number of rotatable bonds is 3. The van der Waals surface area contributed by atoms with E-state index in [0.29, 0.717) is 11.6 Å². The Morgan fingerprint density at radius 1 is 1.17 bits per heavy atom. The van der Waals surface area contributed by atoms with Crippen molar-refractivity contribution in [3.63, 3.8) is 0 Å². The topological polar surface area (TPSA) is 66.1 Å². The highest BCUT2D eigenvalue weighted by molar-refractivity contribution is 5.94. The summed E-state index contributed by atoms with van der Waals surface area (Å²) in [5.74, 6) is 0.277. The highest BCUT2D eigenvalue weighted by Gasteiger charge is 2.29. The van der Waals surface area contributed by atoms with Crippen LogP contribution in [0, 0.1) is 5.92 Å². The van der Waals surface area contributed by atoms with Crippen LogP contribution in [0.15, 0.2) is 41.5 Å². The monoisotopic (exact) mass is 325 g/mol. The van der Waals surface area contributed by atoms with Gasteiger partial charge < -0.3 is 9.88 Å². The molecule has 2 heterocycles. The molecule has 1 aliphatic rings. The van der Waals surface area contributed by atoms with Crippen molar-refractivity contribution in [2.45, 2.75) is 38.6 Å². The van der Waals surface area contributed by atoms with Crippen molar-refractivity contribution in [1.29, 1.82) is 0 Å². The predicted octanol–water partition coefficient (Wildman–Crippen LogP) is 3.09. The zero-order valence-electron chi connectivity index (χ0n) is 14.2. The van der Waals surface area contributed by atoms with Crippen molar-refractivity contribution in [1.82, 2.24) is 14.9 Å². The average Bonchev–Trinajstić information content (AvgIpc) is 2.61. The molecule has 0 aliphatic heterocycles. The van der Waals surface area contributed by atoms with Gasteiger partial charge in [-0.2, -0.15) is 0 Å². The van der Waals surface area contributed by atoms with Crippen LogP contribution in [0.2, 0.25) is 0 Å². The van der Waals surface area contributed by atoms with Crippen LogP contribution in [0.3, 0.4) is 0 Å². The summed E-state index contributed by atoms with van der Waals surface area (Å²) < 4.78 is 0. The Hall–Kier alpha value is -2.43. The van der Waals surface area contributed by atoms with Gasteiger partial charge in [-0.25, -0.2) is 0 Å². The van der Waals surface area contributed by atoms with E-state index in [9.17, 15) is 9.59 Å². The molecule has 1 fully saturated rings. The molecule has 0 saturated heterocycles. The summed E-state index contributed by atoms with van der Waals surface area (Å²) in [6.45, 7) is 2.18. The normalized spacial score (nSPS) is 20.6. The molecule has 0 radical (unpaired) electrons. The van der Waals surface area contributed by atoms with E-state index in [1.807, 2.05) is 19.2 Å². The van der Waals surface area contributed by atoms with E-state index in [-0.39, 0.29) is 23.1 Å². The molecule has 0 unspecified atom stereocenters. The van der Waals surface area contributed by atoms with E-state index in [2.05, 4.69) is 16.9 Å². The quantitative estimate of drug-likeness (QED) is 0.943. The number of aromatic amines is 1. The van der Waals surface area contributed by atoms with Gasteiger partial charge in [0.05, 0.1) is 0 Å². The first-order valence-electron chi connectivity index (χ1n) is 8.49. The first kappa shape index (κ1) is 16.4. The molecule has 1 N–H and O–H groups in total. The lowest BCUT2D eigenvalue weighted by Crippen LogP contribution is -2.44. The lowest BCUT2D eigenvalue weighted by Gasteiger charge is -2.36. The van der Waals surface area contributed by atoms with Crippen LogP contribution in [0.1, 0.15) is 43.0 Å². The van der Waals surface area contributed by atoms with E-state index in [1.165, 1.54) is 6.42 Å². The van der Waals surface area contributed by atoms with Gasteiger partial charge in [0.1, 0.15) is 5.56 Å². The van der Waals surface area contributed by atoms with Gasteiger partial charge in [-0.15, -0.1) is 0 Å². The van der Waals surface area contributed by atoms with Crippen molar-refractivity contribution in [2.75, 3.05) is 7.05 Å². The number of pyridine rings is 2. The SMILES string of the molecule is C[C@H]1CCCC[C@@H]1N(C)C(=O)c1ccc(-c2ccncc2)[nH]c1=O. The number of H-pyrrole nitrogens is 1. The molecule has 5 heteroatoms. The lowest BCUT2D eigenvalue weighted by atomic mass is 9.85. The fraction of sp³-hybridized carbons (Fsp3) is 0.421. The maximum Gasteiger partial charge on any atom is 0.261 e. The molecule has 24 heavy (non-hydrogen) atoms. The zero-order valence-corrected chi connectivity index (χ0v) is 14.2. The molecule has 0 aromatic carbocycles. The second-order valence-electron chi connectivity index (χ2n) is 6.60. The number of carbonyl (C=O) groups excluding carboxylic acids is 1. The van der Waals surface area contributed by atoms with E-state index in [0.717, 1.165) is 24.8 Å². The van der Waals surface area contributed by atoms with Crippen molar-refractivity contribution >= 4 is 5.91 Å². The lowest BCUT2D eigenvalue weighted by molar-refractivity contribution is 0.0627. The zero-order chi connectivity index (χ0) is 17.1. The third-order valence-corrected chi connectivity index (χ3v) is 5.02. The van der Waals surface area contributed by atoms with Crippen LogP contribution >= 0.6 is 0 Å². The molecule has 5 nitrogen and oxygen atoms in total. The first-order valence-corrected chi connectivity index (χ1v) is 8.49. The van der Waals surface area contributed by atoms with Crippen molar-refractivity contribution in [3.05, 3.63) is 52.6 Å². The van der Waals surface area contributed by atoms with Gasteiger partial charge in [-0.3, -0.25) is 14.6 Å². The van der Waals surface area contributed by atoms with Gasteiger partial charge in [0, 0.05) is 36.7 Å². The number of amides is 1. The summed E-state index contributed by atoms with van der Waals surface area (Å²) in [6, 6.07) is 7.26. The van der Waals surface area contributed by atoms with Gasteiger partial charge in [-0.05, 0) is 43.0 Å².